The summed E-state index contributed by atoms with van der Waals surface area (Å²) >= 11 is 0. The molecule has 4 aromatic rings. The van der Waals surface area contributed by atoms with Gasteiger partial charge in [0.1, 0.15) is 5.75 Å². The molecule has 0 fully saturated rings. The van der Waals surface area contributed by atoms with Crippen LogP contribution in [0.5, 0.6) is 5.75 Å². The molecule has 0 spiro atoms. The molecule has 0 radical (unpaired) electrons. The van der Waals surface area contributed by atoms with Gasteiger partial charge in [0.15, 0.2) is 0 Å². The predicted octanol–water partition coefficient (Wildman–Crippen LogP) is 4.46. The topological polar surface area (TPSA) is 35.0 Å². The third-order valence-corrected chi connectivity index (χ3v) is 3.77. The summed E-state index contributed by atoms with van der Waals surface area (Å²) < 4.78 is 5.28. The van der Waals surface area contributed by atoms with Crippen LogP contribution < -0.4 is 4.74 Å². The molecular formula is C19H14N2O. The zero-order valence-corrected chi connectivity index (χ0v) is 12.2. The first-order valence-electron chi connectivity index (χ1n) is 7.13. The van der Waals surface area contributed by atoms with Gasteiger partial charge in [-0.05, 0) is 24.3 Å². The van der Waals surface area contributed by atoms with E-state index in [9.17, 15) is 0 Å². The maximum atomic E-state index is 5.28. The number of ether oxygens (including phenoxy) is 1. The number of nitrogens with zero attached hydrogens (tertiary/aromatic N) is 2. The predicted molar refractivity (Wildman–Crippen MR) is 89.0 cm³/mol. The van der Waals surface area contributed by atoms with Crippen LogP contribution in [0.15, 0.2) is 66.9 Å². The van der Waals surface area contributed by atoms with Crippen LogP contribution >= 0.6 is 0 Å². The fourth-order valence-electron chi connectivity index (χ4n) is 2.60. The Balaban J connectivity index is 1.93. The van der Waals surface area contributed by atoms with Crippen molar-refractivity contribution >= 4 is 21.8 Å². The Morgan fingerprint density at radius 2 is 1.64 bits per heavy atom. The minimum Gasteiger partial charge on any atom is -0.497 e. The smallest absolute Gasteiger partial charge is 0.121 e. The Kier molecular flexibility index (Phi) is 2.97. The summed E-state index contributed by atoms with van der Waals surface area (Å²) in [6.07, 6.45) is 1.88. The maximum Gasteiger partial charge on any atom is 0.121 e. The number of methoxy groups -OCH3 is 1. The SMILES string of the molecule is COc1ccc2cc3cnc(-c4ccccc4)cc3nc2c1. The minimum absolute atomic E-state index is 0.816. The van der Waals surface area contributed by atoms with Gasteiger partial charge in [0.2, 0.25) is 0 Å². The van der Waals surface area contributed by atoms with Crippen LogP contribution in [0.1, 0.15) is 0 Å². The van der Waals surface area contributed by atoms with E-state index in [0.717, 1.165) is 38.8 Å². The molecule has 3 nitrogen and oxygen atoms in total. The molecule has 2 heterocycles. The molecule has 0 aliphatic rings. The van der Waals surface area contributed by atoms with Crippen molar-refractivity contribution in [2.45, 2.75) is 0 Å². The number of pyridine rings is 2. The van der Waals surface area contributed by atoms with Crippen LogP contribution in [0, 0.1) is 0 Å². The molecule has 4 rings (SSSR count). The highest BCUT2D eigenvalue weighted by molar-refractivity contribution is 5.94. The van der Waals surface area contributed by atoms with Crippen LogP contribution in [0.3, 0.4) is 0 Å². The maximum absolute atomic E-state index is 5.28. The van der Waals surface area contributed by atoms with Gasteiger partial charge in [-0.1, -0.05) is 30.3 Å². The van der Waals surface area contributed by atoms with Gasteiger partial charge in [0.05, 0.1) is 23.8 Å². The standard InChI is InChI=1S/C19H14N2O/c1-22-16-8-7-14-9-15-12-20-17(13-5-3-2-4-6-13)11-19(15)21-18(14)10-16/h2-12H,1H3. The van der Waals surface area contributed by atoms with E-state index in [1.807, 2.05) is 48.7 Å². The first kappa shape index (κ1) is 12.8. The lowest BCUT2D eigenvalue weighted by Gasteiger charge is -2.06. The molecule has 0 saturated heterocycles. The quantitative estimate of drug-likeness (QED) is 0.510. The second-order valence-electron chi connectivity index (χ2n) is 5.18. The molecule has 2 aromatic heterocycles. The third kappa shape index (κ3) is 2.17. The van der Waals surface area contributed by atoms with E-state index in [-0.39, 0.29) is 0 Å². The van der Waals surface area contributed by atoms with Gasteiger partial charge in [-0.15, -0.1) is 0 Å². The average Bonchev–Trinajstić information content (AvgIpc) is 2.59. The van der Waals surface area contributed by atoms with Crippen LogP contribution in [0.25, 0.3) is 33.1 Å². The number of aromatic nitrogens is 2. The molecular weight excluding hydrogens is 272 g/mol. The van der Waals surface area contributed by atoms with Crippen molar-refractivity contribution < 1.29 is 4.74 Å². The molecule has 106 valence electrons. The van der Waals surface area contributed by atoms with Crippen molar-refractivity contribution in [2.24, 2.45) is 0 Å². The number of hydrogen-bond acceptors (Lipinski definition) is 3. The molecule has 2 aromatic carbocycles. The van der Waals surface area contributed by atoms with E-state index in [2.05, 4.69) is 23.2 Å². The number of fused-ring (bicyclic) bond motifs is 2. The van der Waals surface area contributed by atoms with Crippen LogP contribution in [0.2, 0.25) is 0 Å². The van der Waals surface area contributed by atoms with Crippen LogP contribution in [-0.4, -0.2) is 17.1 Å². The highest BCUT2D eigenvalue weighted by atomic mass is 16.5. The molecule has 0 aliphatic carbocycles. The lowest BCUT2D eigenvalue weighted by atomic mass is 10.1. The lowest BCUT2D eigenvalue weighted by molar-refractivity contribution is 0.415. The van der Waals surface area contributed by atoms with Crippen LogP contribution in [0.4, 0.5) is 0 Å². The molecule has 3 heteroatoms. The highest BCUT2D eigenvalue weighted by Crippen LogP contribution is 2.25. The largest absolute Gasteiger partial charge is 0.497 e. The van der Waals surface area contributed by atoms with E-state index in [4.69, 9.17) is 9.72 Å². The summed E-state index contributed by atoms with van der Waals surface area (Å²) in [5.41, 5.74) is 3.89. The van der Waals surface area contributed by atoms with Crippen molar-refractivity contribution in [3.63, 3.8) is 0 Å². The first-order chi connectivity index (χ1) is 10.8. The molecule has 0 N–H and O–H groups in total. The second-order valence-corrected chi connectivity index (χ2v) is 5.18. The molecule has 0 atom stereocenters. The molecule has 0 bridgehead atoms. The Morgan fingerprint density at radius 1 is 0.818 bits per heavy atom. The first-order valence-corrected chi connectivity index (χ1v) is 7.13. The van der Waals surface area contributed by atoms with E-state index in [1.54, 1.807) is 7.11 Å². The molecule has 0 saturated carbocycles. The van der Waals surface area contributed by atoms with Crippen molar-refractivity contribution in [3.05, 3.63) is 66.9 Å². The highest BCUT2D eigenvalue weighted by Gasteiger charge is 2.05. The summed E-state index contributed by atoms with van der Waals surface area (Å²) in [4.78, 5) is 9.31. The fourth-order valence-corrected chi connectivity index (χ4v) is 2.60. The Hall–Kier alpha value is -2.94. The summed E-state index contributed by atoms with van der Waals surface area (Å²) in [6.45, 7) is 0. The van der Waals surface area contributed by atoms with Crippen LogP contribution in [-0.2, 0) is 0 Å². The molecule has 0 aliphatic heterocycles. The van der Waals surface area contributed by atoms with Gasteiger partial charge in [-0.25, -0.2) is 4.98 Å². The molecule has 0 unspecified atom stereocenters. The summed E-state index contributed by atoms with van der Waals surface area (Å²) in [5, 5.41) is 2.12. The van der Waals surface area contributed by atoms with Crippen molar-refractivity contribution in [2.75, 3.05) is 7.11 Å². The third-order valence-electron chi connectivity index (χ3n) is 3.77. The number of rotatable bonds is 2. The van der Waals surface area contributed by atoms with Crippen molar-refractivity contribution in [3.8, 4) is 17.0 Å². The van der Waals surface area contributed by atoms with Crippen molar-refractivity contribution in [1.82, 2.24) is 9.97 Å². The number of benzene rings is 2. The van der Waals surface area contributed by atoms with E-state index >= 15 is 0 Å². The van der Waals surface area contributed by atoms with Gasteiger partial charge in [-0.2, -0.15) is 0 Å². The Bertz CT molecular complexity index is 965. The van der Waals surface area contributed by atoms with E-state index < -0.39 is 0 Å². The van der Waals surface area contributed by atoms with E-state index in [1.165, 1.54) is 0 Å². The van der Waals surface area contributed by atoms with Gasteiger partial charge in [0, 0.05) is 28.6 Å². The summed E-state index contributed by atoms with van der Waals surface area (Å²) in [7, 11) is 1.67. The van der Waals surface area contributed by atoms with Gasteiger partial charge in [-0.3, -0.25) is 4.98 Å². The zero-order chi connectivity index (χ0) is 14.9. The van der Waals surface area contributed by atoms with E-state index in [0.29, 0.717) is 0 Å². The van der Waals surface area contributed by atoms with Gasteiger partial charge in [0.25, 0.3) is 0 Å². The minimum atomic E-state index is 0.816. The van der Waals surface area contributed by atoms with Gasteiger partial charge < -0.3 is 4.74 Å². The monoisotopic (exact) mass is 286 g/mol. The zero-order valence-electron chi connectivity index (χ0n) is 12.2. The molecule has 22 heavy (non-hydrogen) atoms. The lowest BCUT2D eigenvalue weighted by Crippen LogP contribution is -1.89. The van der Waals surface area contributed by atoms with Gasteiger partial charge >= 0.3 is 0 Å². The van der Waals surface area contributed by atoms with Crippen molar-refractivity contribution in [1.29, 1.82) is 0 Å². The number of hydrogen-bond donors (Lipinski definition) is 0. The summed E-state index contributed by atoms with van der Waals surface area (Å²) in [5.74, 6) is 0.816. The second kappa shape index (κ2) is 5.11. The normalized spacial score (nSPS) is 11.0. The fraction of sp³-hybridized carbons (Fsp3) is 0.0526. The molecule has 0 amide bonds. The Morgan fingerprint density at radius 3 is 2.45 bits per heavy atom. The summed E-state index contributed by atoms with van der Waals surface area (Å²) in [6, 6.07) is 20.2. The average molecular weight is 286 g/mol. The Labute approximate surface area is 128 Å².